The van der Waals surface area contributed by atoms with Crippen LogP contribution in [0.1, 0.15) is 41.5 Å². The first-order chi connectivity index (χ1) is 6.35. The molecule has 14 heavy (non-hydrogen) atoms. The summed E-state index contributed by atoms with van der Waals surface area (Å²) in [6.07, 6.45) is 3.07. The maximum atomic E-state index is 5.49. The van der Waals surface area contributed by atoms with Crippen molar-refractivity contribution in [1.82, 2.24) is 0 Å². The van der Waals surface area contributed by atoms with Crippen molar-refractivity contribution in [2.45, 2.75) is 40.0 Å². The molecule has 0 atom stereocenters. The maximum Gasteiger partial charge on any atom is 1.00 e. The Morgan fingerprint density at radius 2 is 1.07 bits per heavy atom. The number of rotatable bonds is 9. The van der Waals surface area contributed by atoms with Gasteiger partial charge in [0.1, 0.15) is 0 Å². The predicted molar refractivity (Wildman–Crippen MR) is 55.6 cm³/mol. The molecule has 0 spiro atoms. The van der Waals surface area contributed by atoms with E-state index in [2.05, 4.69) is 20.8 Å². The normalized spacial score (nSPS) is 9.64. The summed E-state index contributed by atoms with van der Waals surface area (Å²) >= 11 is -1.79. The van der Waals surface area contributed by atoms with Gasteiger partial charge in [-0.3, -0.25) is 0 Å². The van der Waals surface area contributed by atoms with Crippen molar-refractivity contribution in [1.29, 1.82) is 0 Å². The van der Waals surface area contributed by atoms with Gasteiger partial charge in [-0.2, -0.15) is 0 Å². The molecule has 5 heteroatoms. The smallest absolute Gasteiger partial charge is 1.00 e. The monoisotopic (exact) mass is 212 g/mol. The van der Waals surface area contributed by atoms with Gasteiger partial charge in [0.25, 0.3) is 0 Å². The molecule has 0 fully saturated rings. The quantitative estimate of drug-likeness (QED) is 0.476. The van der Waals surface area contributed by atoms with E-state index in [1.54, 1.807) is 0 Å². The molecule has 0 heterocycles. The van der Waals surface area contributed by atoms with Gasteiger partial charge < -0.3 is 12.8 Å². The summed E-state index contributed by atoms with van der Waals surface area (Å²) in [6.45, 7) is 8.53. The number of hydrogen-bond acceptors (Lipinski definition) is 3. The fraction of sp³-hybridized carbons (Fsp3) is 1.00. The van der Waals surface area contributed by atoms with Crippen LogP contribution in [0.5, 0.6) is 0 Å². The molecule has 0 unspecified atom stereocenters. The van der Waals surface area contributed by atoms with Crippen molar-refractivity contribution in [2.24, 2.45) is 0 Å². The zero-order valence-corrected chi connectivity index (χ0v) is 11.2. The Bertz CT molecular complexity index is 92.3. The van der Waals surface area contributed by atoms with E-state index in [9.17, 15) is 0 Å². The zero-order valence-electron chi connectivity index (χ0n) is 11.0. The van der Waals surface area contributed by atoms with E-state index in [0.29, 0.717) is 0 Å². The largest absolute Gasteiger partial charge is 1.00 e. The predicted octanol–water partition coefficient (Wildman–Crippen LogP) is -0.632. The molecule has 0 N–H and O–H groups in total. The molecule has 0 aliphatic carbocycles. The van der Waals surface area contributed by atoms with Gasteiger partial charge in [-0.05, 0) is 19.3 Å². The molecule has 0 aromatic rings. The Morgan fingerprint density at radius 1 is 0.786 bits per heavy atom. The average Bonchev–Trinajstić information content (AvgIpc) is 2.17. The van der Waals surface area contributed by atoms with Crippen molar-refractivity contribution in [3.05, 3.63) is 0 Å². The SMILES string of the molecule is CCC[O][Al]([O]CCC)[O]CCC.[H-].[Li+]. The molecule has 80 valence electrons. The Kier molecular flexibility index (Phi) is 17.4. The van der Waals surface area contributed by atoms with E-state index < -0.39 is 15.1 Å². The average molecular weight is 212 g/mol. The van der Waals surface area contributed by atoms with Crippen LogP contribution in [0, 0.1) is 0 Å². The second-order valence-corrected chi connectivity index (χ2v) is 4.48. The maximum absolute atomic E-state index is 5.49. The minimum atomic E-state index is -1.79. The van der Waals surface area contributed by atoms with Crippen molar-refractivity contribution in [3.63, 3.8) is 0 Å². The van der Waals surface area contributed by atoms with Gasteiger partial charge in [-0.25, -0.2) is 0 Å². The summed E-state index contributed by atoms with van der Waals surface area (Å²) < 4.78 is 16.5. The standard InChI is InChI=1S/3C3H7O.Al.Li.H/c3*1-2-3-4;;;/h3*2-3H2,1H3;;;/q3*-1;+3;+1;-1. The van der Waals surface area contributed by atoms with Gasteiger partial charge in [0.05, 0.1) is 0 Å². The van der Waals surface area contributed by atoms with Crippen LogP contribution in [0.2, 0.25) is 0 Å². The summed E-state index contributed by atoms with van der Waals surface area (Å²) in [6, 6.07) is 0. The molecule has 0 rings (SSSR count). The van der Waals surface area contributed by atoms with Gasteiger partial charge in [0.2, 0.25) is 0 Å². The van der Waals surface area contributed by atoms with Crippen molar-refractivity contribution in [3.8, 4) is 0 Å². The molecule has 0 bridgehead atoms. The van der Waals surface area contributed by atoms with Gasteiger partial charge in [-0.1, -0.05) is 20.8 Å². The van der Waals surface area contributed by atoms with Crippen LogP contribution in [0.3, 0.4) is 0 Å². The number of hydrogen-bond donors (Lipinski definition) is 0. The molecule has 0 aromatic carbocycles. The minimum absolute atomic E-state index is 0. The third-order valence-corrected chi connectivity index (χ3v) is 2.90. The van der Waals surface area contributed by atoms with Crippen molar-refractivity contribution < 1.29 is 31.7 Å². The van der Waals surface area contributed by atoms with E-state index in [-0.39, 0.29) is 20.3 Å². The first kappa shape index (κ1) is 17.4. The molecule has 0 radical (unpaired) electrons. The second kappa shape index (κ2) is 14.0. The first-order valence-corrected chi connectivity index (χ1v) is 6.61. The third-order valence-electron chi connectivity index (χ3n) is 1.37. The van der Waals surface area contributed by atoms with Gasteiger partial charge in [0, 0.05) is 19.8 Å². The molecule has 0 aliphatic heterocycles. The molecule has 3 nitrogen and oxygen atoms in total. The Hall–Kier alpha value is 1.01. The Morgan fingerprint density at radius 3 is 1.29 bits per heavy atom. The molecule has 0 saturated carbocycles. The third kappa shape index (κ3) is 11.1. The van der Waals surface area contributed by atoms with E-state index in [4.69, 9.17) is 11.4 Å². The summed E-state index contributed by atoms with van der Waals surface area (Å²) in [7, 11) is 0. The van der Waals surface area contributed by atoms with E-state index in [1.807, 2.05) is 0 Å². The Labute approximate surface area is 107 Å². The van der Waals surface area contributed by atoms with Crippen LogP contribution < -0.4 is 18.9 Å². The van der Waals surface area contributed by atoms with E-state index in [1.165, 1.54) is 0 Å². The molecule has 0 saturated heterocycles. The molecular formula is C9H22AlLiO3. The van der Waals surface area contributed by atoms with E-state index >= 15 is 0 Å². The summed E-state index contributed by atoms with van der Waals surface area (Å²) in [5.41, 5.74) is 0. The minimum Gasteiger partial charge on any atom is -1.00 e. The van der Waals surface area contributed by atoms with E-state index in [0.717, 1.165) is 39.1 Å². The summed E-state index contributed by atoms with van der Waals surface area (Å²) in [4.78, 5) is 0. The zero-order chi connectivity index (χ0) is 9.94. The topological polar surface area (TPSA) is 27.7 Å². The van der Waals surface area contributed by atoms with Crippen LogP contribution in [-0.4, -0.2) is 35.0 Å². The van der Waals surface area contributed by atoms with Crippen molar-refractivity contribution >= 4 is 15.1 Å². The fourth-order valence-electron chi connectivity index (χ4n) is 0.787. The molecule has 0 amide bonds. The van der Waals surface area contributed by atoms with Crippen LogP contribution >= 0.6 is 0 Å². The van der Waals surface area contributed by atoms with Crippen LogP contribution in [0.15, 0.2) is 0 Å². The van der Waals surface area contributed by atoms with Gasteiger partial charge in [0.15, 0.2) is 0 Å². The van der Waals surface area contributed by atoms with Crippen LogP contribution in [0.4, 0.5) is 0 Å². The fourth-order valence-corrected chi connectivity index (χ4v) is 2.36. The summed E-state index contributed by atoms with van der Waals surface area (Å²) in [5, 5.41) is 0. The van der Waals surface area contributed by atoms with Gasteiger partial charge >= 0.3 is 34.0 Å². The van der Waals surface area contributed by atoms with Crippen molar-refractivity contribution in [2.75, 3.05) is 19.8 Å². The molecule has 0 aliphatic rings. The summed E-state index contributed by atoms with van der Waals surface area (Å²) in [5.74, 6) is 0. The first-order valence-electron chi connectivity index (χ1n) is 5.19. The van der Waals surface area contributed by atoms with Gasteiger partial charge in [-0.15, -0.1) is 0 Å². The van der Waals surface area contributed by atoms with Crippen LogP contribution in [0.25, 0.3) is 0 Å². The second-order valence-electron chi connectivity index (χ2n) is 2.90. The van der Waals surface area contributed by atoms with Crippen LogP contribution in [-0.2, 0) is 11.4 Å². The Balaban J connectivity index is -0.000000720. The molecular weight excluding hydrogens is 190 g/mol. The molecule has 0 aromatic heterocycles.